The summed E-state index contributed by atoms with van der Waals surface area (Å²) in [6.45, 7) is 0. The molecular weight excluding hydrogens is 544 g/mol. The second kappa shape index (κ2) is 10.4. The Morgan fingerprint density at radius 2 is 0.978 bits per heavy atom. The second-order valence-electron chi connectivity index (χ2n) is 10.5. The van der Waals surface area contributed by atoms with Crippen molar-refractivity contribution in [1.29, 1.82) is 0 Å². The zero-order valence-corrected chi connectivity index (χ0v) is 23.4. The van der Waals surface area contributed by atoms with Crippen LogP contribution in [0.25, 0.3) is 88.0 Å². The Hall–Kier alpha value is -5.92. The Kier molecular flexibility index (Phi) is 3.39. The molecule has 1 heterocycles. The van der Waals surface area contributed by atoms with Crippen molar-refractivity contribution < 1.29 is 25.0 Å². The Morgan fingerprint density at radius 1 is 0.378 bits per heavy atom. The highest BCUT2D eigenvalue weighted by Gasteiger charge is 2.21. The van der Waals surface area contributed by atoms with Gasteiger partial charge in [0, 0.05) is 10.8 Å². The Bertz CT molecular complexity index is 3290. The zero-order valence-electron chi connectivity index (χ0n) is 38.4. The smallest absolute Gasteiger partial charge is 0.136 e. The number of para-hydroxylation sites is 1. The zero-order chi connectivity index (χ0) is 42.8. The van der Waals surface area contributed by atoms with E-state index in [-0.39, 0.29) is 56.3 Å². The molecular formula is C44H28O. The van der Waals surface area contributed by atoms with Crippen molar-refractivity contribution >= 4 is 43.5 Å². The fourth-order valence-electron chi connectivity index (χ4n) is 6.05. The van der Waals surface area contributed by atoms with Gasteiger partial charge in [-0.05, 0) is 90.2 Å². The van der Waals surface area contributed by atoms with Crippen LogP contribution in [0.2, 0.25) is 0 Å². The second-order valence-corrected chi connectivity index (χ2v) is 10.5. The van der Waals surface area contributed by atoms with E-state index in [0.29, 0.717) is 32.7 Å². The molecule has 8 aromatic carbocycles. The molecule has 0 aliphatic carbocycles. The van der Waals surface area contributed by atoms with Crippen molar-refractivity contribution in [2.75, 3.05) is 0 Å². The summed E-state index contributed by atoms with van der Waals surface area (Å²) in [7, 11) is 0. The number of furan rings is 1. The summed E-state index contributed by atoms with van der Waals surface area (Å²) in [6, 6.07) is 14.8. The first-order chi connectivity index (χ1) is 28.6. The predicted molar refractivity (Wildman–Crippen MR) is 190 cm³/mol. The monoisotopic (exact) mass is 587 g/mol. The molecule has 210 valence electrons. The van der Waals surface area contributed by atoms with E-state index in [1.165, 1.54) is 0 Å². The van der Waals surface area contributed by atoms with Gasteiger partial charge in [-0.1, -0.05) is 145 Å². The quantitative estimate of drug-likeness (QED) is 0.187. The number of rotatable bonds is 4. The Balaban J connectivity index is 1.51. The molecule has 0 unspecified atom stereocenters. The fraction of sp³-hybridized carbons (Fsp3) is 0. The molecule has 0 aliphatic rings. The van der Waals surface area contributed by atoms with E-state index in [1.54, 1.807) is 78.9 Å². The van der Waals surface area contributed by atoms with Gasteiger partial charge < -0.3 is 4.42 Å². The summed E-state index contributed by atoms with van der Waals surface area (Å²) in [5.41, 5.74) is 0.335. The van der Waals surface area contributed by atoms with Crippen LogP contribution >= 0.6 is 0 Å². The highest BCUT2D eigenvalue weighted by molar-refractivity contribution is 6.26. The minimum Gasteiger partial charge on any atom is -0.456 e. The third kappa shape index (κ3) is 4.17. The molecule has 0 amide bonds. The maximum Gasteiger partial charge on any atom is 0.136 e. The largest absolute Gasteiger partial charge is 0.456 e. The summed E-state index contributed by atoms with van der Waals surface area (Å²) < 4.78 is 139. The molecule has 9 aromatic rings. The van der Waals surface area contributed by atoms with Crippen molar-refractivity contribution in [2.45, 2.75) is 0 Å². The highest BCUT2D eigenvalue weighted by atomic mass is 16.3. The van der Waals surface area contributed by atoms with Crippen LogP contribution in [0, 0.1) is 0 Å². The Morgan fingerprint density at radius 3 is 1.71 bits per heavy atom. The molecule has 0 atom stereocenters. The van der Waals surface area contributed by atoms with Crippen LogP contribution in [0.4, 0.5) is 0 Å². The SMILES string of the molecule is [2H]c1c([2H])c([2H])c(-c2c([2H])c([2H])c([2H])c(-c3c4ccccc4c(-c4c([2H])c(-c5ccccc5)c([2H])c5oc6c([2H])c([2H])c([2H])c([2H])c6c45)c4ccccc34)c2[2H])c([2H])c1[2H]. The number of hydrogen-bond donors (Lipinski definition) is 0. The van der Waals surface area contributed by atoms with E-state index in [9.17, 15) is 5.48 Å². The van der Waals surface area contributed by atoms with Crippen molar-refractivity contribution in [3.63, 3.8) is 0 Å². The number of fused-ring (bicyclic) bond motifs is 5. The minimum atomic E-state index is -0.684. The van der Waals surface area contributed by atoms with Crippen LogP contribution < -0.4 is 0 Å². The van der Waals surface area contributed by atoms with Gasteiger partial charge in [-0.2, -0.15) is 0 Å². The third-order valence-electron chi connectivity index (χ3n) is 7.94. The fourth-order valence-corrected chi connectivity index (χ4v) is 6.05. The van der Waals surface area contributed by atoms with E-state index in [0.717, 1.165) is 0 Å². The molecule has 0 N–H and O–H groups in total. The van der Waals surface area contributed by atoms with Gasteiger partial charge >= 0.3 is 0 Å². The predicted octanol–water partition coefficient (Wildman–Crippen LogP) is 12.6. The average molecular weight is 588 g/mol. The first kappa shape index (κ1) is 14.7. The summed E-state index contributed by atoms with van der Waals surface area (Å²) in [4.78, 5) is 0. The molecule has 9 rings (SSSR count). The van der Waals surface area contributed by atoms with Crippen molar-refractivity contribution in [1.82, 2.24) is 0 Å². The van der Waals surface area contributed by atoms with Gasteiger partial charge in [0.05, 0.1) is 20.6 Å². The summed E-state index contributed by atoms with van der Waals surface area (Å²) in [5, 5.41) is 1.84. The van der Waals surface area contributed by atoms with Gasteiger partial charge in [-0.25, -0.2) is 0 Å². The van der Waals surface area contributed by atoms with Crippen LogP contribution in [-0.2, 0) is 0 Å². The highest BCUT2D eigenvalue weighted by Crippen LogP contribution is 2.48. The topological polar surface area (TPSA) is 13.1 Å². The number of hydrogen-bond acceptors (Lipinski definition) is 1. The van der Waals surface area contributed by atoms with Gasteiger partial charge in [0.25, 0.3) is 0 Å². The lowest BCUT2D eigenvalue weighted by Crippen LogP contribution is -1.92. The van der Waals surface area contributed by atoms with Crippen molar-refractivity contribution in [3.05, 3.63) is 169 Å². The molecule has 0 fully saturated rings. The molecule has 0 bridgehead atoms. The van der Waals surface area contributed by atoms with Gasteiger partial charge in [0.15, 0.2) is 0 Å². The van der Waals surface area contributed by atoms with Gasteiger partial charge in [-0.15, -0.1) is 0 Å². The van der Waals surface area contributed by atoms with Crippen LogP contribution in [0.5, 0.6) is 0 Å². The molecule has 0 aliphatic heterocycles. The summed E-state index contributed by atoms with van der Waals surface area (Å²) in [5.74, 6) is 0. The lowest BCUT2D eigenvalue weighted by Gasteiger charge is -2.19. The third-order valence-corrected chi connectivity index (χ3v) is 7.94. The molecule has 0 spiro atoms. The molecule has 0 radical (unpaired) electrons. The normalized spacial score (nSPS) is 16.2. The molecule has 1 nitrogen and oxygen atoms in total. The standard InChI is InChI=1S/C44H28O/c1-3-14-29(15-4-1)31-18-13-19-32(26-31)42-34-20-7-9-22-36(34)43(37-23-10-8-21-35(37)42)39-27-33(30-16-5-2-6-17-30)28-41-44(39)38-24-11-12-25-40(38)45-41/h1-28H/i1D,3D,4D,11D,12D,13D,14D,15D,18D,19D,24D,25D,26D,27D,28D. The molecule has 0 saturated carbocycles. The van der Waals surface area contributed by atoms with Crippen LogP contribution in [0.3, 0.4) is 0 Å². The van der Waals surface area contributed by atoms with E-state index >= 15 is 0 Å². The molecule has 1 heteroatoms. The van der Waals surface area contributed by atoms with Gasteiger partial charge in [0.2, 0.25) is 0 Å². The van der Waals surface area contributed by atoms with E-state index in [1.807, 2.05) is 0 Å². The van der Waals surface area contributed by atoms with E-state index in [2.05, 4.69) is 0 Å². The molecule has 45 heavy (non-hydrogen) atoms. The average Bonchev–Trinajstić information content (AvgIpc) is 3.66. The Labute approximate surface area is 282 Å². The first-order valence-electron chi connectivity index (χ1n) is 21.7. The van der Waals surface area contributed by atoms with Gasteiger partial charge in [0.1, 0.15) is 11.2 Å². The maximum absolute atomic E-state index is 9.94. The van der Waals surface area contributed by atoms with Crippen molar-refractivity contribution in [2.24, 2.45) is 0 Å². The maximum atomic E-state index is 9.94. The minimum absolute atomic E-state index is 0.0140. The summed E-state index contributed by atoms with van der Waals surface area (Å²) >= 11 is 0. The van der Waals surface area contributed by atoms with Crippen LogP contribution in [-0.4, -0.2) is 0 Å². The molecule has 0 saturated heterocycles. The van der Waals surface area contributed by atoms with Gasteiger partial charge in [-0.3, -0.25) is 0 Å². The lowest BCUT2D eigenvalue weighted by atomic mass is 9.83. The van der Waals surface area contributed by atoms with Crippen molar-refractivity contribution in [3.8, 4) is 44.5 Å². The lowest BCUT2D eigenvalue weighted by molar-refractivity contribution is 0.669. The first-order valence-corrected chi connectivity index (χ1v) is 14.2. The van der Waals surface area contributed by atoms with E-state index < -0.39 is 89.7 Å². The van der Waals surface area contributed by atoms with Crippen LogP contribution in [0.15, 0.2) is 174 Å². The summed E-state index contributed by atoms with van der Waals surface area (Å²) in [6.07, 6.45) is 0. The van der Waals surface area contributed by atoms with E-state index in [4.69, 9.17) is 19.5 Å². The molecule has 1 aromatic heterocycles. The number of benzene rings is 8. The van der Waals surface area contributed by atoms with Crippen LogP contribution in [0.1, 0.15) is 20.6 Å².